The Morgan fingerprint density at radius 3 is 2.43 bits per heavy atom. The predicted molar refractivity (Wildman–Crippen MR) is 76.3 cm³/mol. The number of para-hydroxylation sites is 1. The van der Waals surface area contributed by atoms with Gasteiger partial charge >= 0.3 is 6.18 Å². The van der Waals surface area contributed by atoms with Crippen molar-refractivity contribution in [1.82, 2.24) is 15.0 Å². The number of aromatic hydroxyl groups is 1. The van der Waals surface area contributed by atoms with Crippen molar-refractivity contribution in [2.75, 3.05) is 0 Å². The fourth-order valence-electron chi connectivity index (χ4n) is 1.66. The van der Waals surface area contributed by atoms with E-state index >= 15 is 0 Å². The molecule has 2 aromatic heterocycles. The second-order valence-electron chi connectivity index (χ2n) is 4.33. The highest BCUT2D eigenvalue weighted by Gasteiger charge is 2.34. The average Bonchev–Trinajstić information content (AvgIpc) is 3.00. The van der Waals surface area contributed by atoms with E-state index in [-0.39, 0.29) is 16.6 Å². The van der Waals surface area contributed by atoms with E-state index in [9.17, 15) is 18.3 Å². The van der Waals surface area contributed by atoms with Crippen LogP contribution in [0.4, 0.5) is 13.2 Å². The Morgan fingerprint density at radius 1 is 1.09 bits per heavy atom. The molecule has 23 heavy (non-hydrogen) atoms. The molecule has 1 aromatic carbocycles. The van der Waals surface area contributed by atoms with Crippen molar-refractivity contribution in [3.63, 3.8) is 0 Å². The van der Waals surface area contributed by atoms with Crippen LogP contribution >= 0.6 is 11.3 Å². The van der Waals surface area contributed by atoms with Gasteiger partial charge < -0.3 is 9.84 Å². The van der Waals surface area contributed by atoms with Crippen molar-refractivity contribution < 1.29 is 23.0 Å². The molecule has 0 amide bonds. The quantitative estimate of drug-likeness (QED) is 0.777. The maximum Gasteiger partial charge on any atom is 0.434 e. The van der Waals surface area contributed by atoms with Crippen LogP contribution in [-0.2, 0) is 6.18 Å². The smallest absolute Gasteiger partial charge is 0.434 e. The first kappa shape index (κ1) is 15.2. The van der Waals surface area contributed by atoms with Crippen LogP contribution in [0.15, 0.2) is 41.9 Å². The first-order valence-corrected chi connectivity index (χ1v) is 7.13. The number of ether oxygens (including phenoxy) is 1. The van der Waals surface area contributed by atoms with E-state index in [1.165, 1.54) is 6.20 Å². The summed E-state index contributed by atoms with van der Waals surface area (Å²) >= 11 is 0.740. The number of halogens is 3. The molecule has 5 nitrogen and oxygen atoms in total. The van der Waals surface area contributed by atoms with Crippen molar-refractivity contribution in [3.05, 3.63) is 47.6 Å². The molecule has 2 heterocycles. The third-order valence-electron chi connectivity index (χ3n) is 2.69. The van der Waals surface area contributed by atoms with E-state index in [1.54, 1.807) is 30.3 Å². The third kappa shape index (κ3) is 3.39. The van der Waals surface area contributed by atoms with Crippen LogP contribution < -0.4 is 4.74 Å². The molecule has 9 heteroatoms. The predicted octanol–water partition coefficient (Wildman–Crippen LogP) is 4.12. The van der Waals surface area contributed by atoms with Gasteiger partial charge in [-0.25, -0.2) is 9.97 Å². The fraction of sp³-hybridized carbons (Fsp3) is 0.0714. The van der Waals surface area contributed by atoms with Crippen molar-refractivity contribution in [2.45, 2.75) is 6.18 Å². The normalized spacial score (nSPS) is 11.4. The minimum atomic E-state index is -4.53. The maximum atomic E-state index is 12.5. The topological polar surface area (TPSA) is 68.1 Å². The molecule has 0 aliphatic rings. The summed E-state index contributed by atoms with van der Waals surface area (Å²) in [4.78, 5) is 11.0. The first-order chi connectivity index (χ1) is 10.9. The van der Waals surface area contributed by atoms with Gasteiger partial charge in [0, 0.05) is 5.38 Å². The molecule has 0 atom stereocenters. The zero-order chi connectivity index (χ0) is 16.4. The van der Waals surface area contributed by atoms with Crippen LogP contribution in [0.2, 0.25) is 0 Å². The summed E-state index contributed by atoms with van der Waals surface area (Å²) < 4.78 is 43.0. The van der Waals surface area contributed by atoms with Crippen LogP contribution in [0.25, 0.3) is 10.8 Å². The summed E-state index contributed by atoms with van der Waals surface area (Å²) in [5.41, 5.74) is -1.02. The Hall–Kier alpha value is -2.68. The monoisotopic (exact) mass is 339 g/mol. The summed E-state index contributed by atoms with van der Waals surface area (Å²) in [5.74, 6) is -0.133. The van der Waals surface area contributed by atoms with Crippen molar-refractivity contribution in [3.8, 4) is 28.2 Å². The lowest BCUT2D eigenvalue weighted by molar-refractivity contribution is -0.140. The Labute approximate surface area is 132 Å². The zero-order valence-corrected chi connectivity index (χ0v) is 12.1. The SMILES string of the molecule is Oc1nc(-c2nc(C(F)(F)F)cs2)ncc1Oc1ccccc1. The van der Waals surface area contributed by atoms with Gasteiger partial charge in [0.15, 0.2) is 16.5 Å². The largest absolute Gasteiger partial charge is 0.491 e. The molecule has 3 rings (SSSR count). The molecule has 0 radical (unpaired) electrons. The lowest BCUT2D eigenvalue weighted by atomic mass is 10.3. The maximum absolute atomic E-state index is 12.5. The van der Waals surface area contributed by atoms with Crippen LogP contribution in [0.5, 0.6) is 17.4 Å². The summed E-state index contributed by atoms with van der Waals surface area (Å²) in [6.45, 7) is 0. The number of hydrogen-bond acceptors (Lipinski definition) is 6. The highest BCUT2D eigenvalue weighted by Crippen LogP contribution is 2.34. The minimum Gasteiger partial charge on any atom is -0.491 e. The number of thiazole rings is 1. The number of hydrogen-bond donors (Lipinski definition) is 1. The number of benzene rings is 1. The highest BCUT2D eigenvalue weighted by molar-refractivity contribution is 7.13. The Balaban J connectivity index is 1.86. The molecule has 3 aromatic rings. The molecule has 0 spiro atoms. The molecule has 1 N–H and O–H groups in total. The van der Waals surface area contributed by atoms with E-state index in [1.807, 2.05) is 0 Å². The van der Waals surface area contributed by atoms with Crippen molar-refractivity contribution in [1.29, 1.82) is 0 Å². The number of rotatable bonds is 3. The lowest BCUT2D eigenvalue weighted by Crippen LogP contribution is -2.05. The number of nitrogens with zero attached hydrogens (tertiary/aromatic N) is 3. The van der Waals surface area contributed by atoms with Crippen molar-refractivity contribution in [2.24, 2.45) is 0 Å². The average molecular weight is 339 g/mol. The van der Waals surface area contributed by atoms with Crippen LogP contribution in [0.3, 0.4) is 0 Å². The van der Waals surface area contributed by atoms with Gasteiger partial charge in [-0.15, -0.1) is 11.3 Å². The Kier molecular flexibility index (Phi) is 3.87. The van der Waals surface area contributed by atoms with Gasteiger partial charge in [-0.2, -0.15) is 18.2 Å². The van der Waals surface area contributed by atoms with Crippen LogP contribution in [-0.4, -0.2) is 20.1 Å². The Bertz CT molecular complexity index is 822. The van der Waals surface area contributed by atoms with Gasteiger partial charge in [0.05, 0.1) is 6.20 Å². The highest BCUT2D eigenvalue weighted by atomic mass is 32.1. The summed E-state index contributed by atoms with van der Waals surface area (Å²) in [6, 6.07) is 8.63. The molecule has 0 saturated heterocycles. The molecular weight excluding hydrogens is 331 g/mol. The van der Waals surface area contributed by atoms with E-state index in [0.29, 0.717) is 5.75 Å². The van der Waals surface area contributed by atoms with E-state index in [4.69, 9.17) is 4.74 Å². The standard InChI is InChI=1S/C14H8F3N3O2S/c15-14(16,17)10-7-23-13(19-10)11-18-6-9(12(21)20-11)22-8-4-2-1-3-5-8/h1-7H,(H,18,20,21). The zero-order valence-electron chi connectivity index (χ0n) is 11.3. The van der Waals surface area contributed by atoms with Gasteiger partial charge in [0.25, 0.3) is 5.88 Å². The molecule has 0 fully saturated rings. The molecule has 0 saturated carbocycles. The third-order valence-corrected chi connectivity index (χ3v) is 3.53. The second-order valence-corrected chi connectivity index (χ2v) is 5.19. The molecular formula is C14H8F3N3O2S. The number of aromatic nitrogens is 3. The molecule has 0 bridgehead atoms. The lowest BCUT2D eigenvalue weighted by Gasteiger charge is -2.06. The van der Waals surface area contributed by atoms with E-state index < -0.39 is 17.8 Å². The summed E-state index contributed by atoms with van der Waals surface area (Å²) in [5, 5.41) is 10.7. The molecule has 0 aliphatic carbocycles. The van der Waals surface area contributed by atoms with Gasteiger partial charge in [0.2, 0.25) is 5.75 Å². The van der Waals surface area contributed by atoms with Gasteiger partial charge in [-0.1, -0.05) is 18.2 Å². The van der Waals surface area contributed by atoms with Gasteiger partial charge in [0.1, 0.15) is 5.75 Å². The molecule has 0 aliphatic heterocycles. The summed E-state index contributed by atoms with van der Waals surface area (Å²) in [6.07, 6.45) is -3.35. The van der Waals surface area contributed by atoms with E-state index in [0.717, 1.165) is 16.7 Å². The van der Waals surface area contributed by atoms with Crippen LogP contribution in [0.1, 0.15) is 5.69 Å². The fourth-order valence-corrected chi connectivity index (χ4v) is 2.42. The van der Waals surface area contributed by atoms with Gasteiger partial charge in [-0.05, 0) is 12.1 Å². The molecule has 118 valence electrons. The molecule has 0 unspecified atom stereocenters. The second kappa shape index (κ2) is 5.84. The van der Waals surface area contributed by atoms with Crippen molar-refractivity contribution >= 4 is 11.3 Å². The Morgan fingerprint density at radius 2 is 1.83 bits per heavy atom. The van der Waals surface area contributed by atoms with Crippen LogP contribution in [0, 0.1) is 0 Å². The van der Waals surface area contributed by atoms with Gasteiger partial charge in [-0.3, -0.25) is 0 Å². The summed E-state index contributed by atoms with van der Waals surface area (Å²) in [7, 11) is 0. The first-order valence-electron chi connectivity index (χ1n) is 6.25. The number of alkyl halides is 3. The van der Waals surface area contributed by atoms with E-state index in [2.05, 4.69) is 15.0 Å². The minimum absolute atomic E-state index is 0.00690.